The van der Waals surface area contributed by atoms with Crippen molar-refractivity contribution in [2.24, 2.45) is 11.8 Å². The standard InChI is InChI=1S/C30H27N5O4S2/c1-2-11-30(16-20-9-12-32-13-10-20)29(37)35(26(33-30)15-25(36)22-7-5-21(17-31)6-8-22)28-23-18-34(19-24(23)28)41(38,39)27-4-3-14-40-27/h2-10,12-15,23-24,28,33H,1,11,16,18-19H2/t23-,24+,28?,30?. The van der Waals surface area contributed by atoms with Crippen molar-refractivity contribution in [3.05, 3.63) is 108 Å². The van der Waals surface area contributed by atoms with E-state index in [1.807, 2.05) is 18.2 Å². The highest BCUT2D eigenvalue weighted by Crippen LogP contribution is 2.53. The summed E-state index contributed by atoms with van der Waals surface area (Å²) in [5, 5.41) is 14.2. The lowest BCUT2D eigenvalue weighted by molar-refractivity contribution is -0.132. The van der Waals surface area contributed by atoms with Gasteiger partial charge in [0.05, 0.1) is 11.6 Å². The van der Waals surface area contributed by atoms with Crippen LogP contribution >= 0.6 is 11.3 Å². The second-order valence-corrected chi connectivity index (χ2v) is 13.7. The zero-order valence-corrected chi connectivity index (χ0v) is 23.6. The predicted octanol–water partition coefficient (Wildman–Crippen LogP) is 3.35. The Bertz CT molecular complexity index is 1670. The fourth-order valence-corrected chi connectivity index (χ4v) is 8.68. The molecule has 3 fully saturated rings. The van der Waals surface area contributed by atoms with Crippen LogP contribution in [0.5, 0.6) is 0 Å². The number of nitriles is 1. The molecular weight excluding hydrogens is 558 g/mol. The Balaban J connectivity index is 1.32. The Hall–Kier alpha value is -4.11. The maximum atomic E-state index is 14.3. The Labute approximate surface area is 242 Å². The number of benzene rings is 1. The molecule has 1 saturated carbocycles. The molecule has 3 aliphatic rings. The number of ketones is 1. The molecule has 2 aliphatic heterocycles. The van der Waals surface area contributed by atoms with Crippen molar-refractivity contribution < 1.29 is 18.0 Å². The predicted molar refractivity (Wildman–Crippen MR) is 153 cm³/mol. The third kappa shape index (κ3) is 4.78. The first-order valence-electron chi connectivity index (χ1n) is 13.2. The van der Waals surface area contributed by atoms with Gasteiger partial charge in [0.2, 0.25) is 0 Å². The molecule has 0 radical (unpaired) electrons. The van der Waals surface area contributed by atoms with Crippen LogP contribution in [0.3, 0.4) is 0 Å². The third-order valence-corrected chi connectivity index (χ3v) is 11.3. The van der Waals surface area contributed by atoms with Gasteiger partial charge in [-0.1, -0.05) is 12.1 Å². The summed E-state index contributed by atoms with van der Waals surface area (Å²) in [5.74, 6) is -0.151. The van der Waals surface area contributed by atoms with E-state index in [-0.39, 0.29) is 29.6 Å². The average molecular weight is 586 g/mol. The van der Waals surface area contributed by atoms with Gasteiger partial charge in [-0.05, 0) is 59.8 Å². The largest absolute Gasteiger partial charge is 0.357 e. The lowest BCUT2D eigenvalue weighted by Gasteiger charge is -2.27. The van der Waals surface area contributed by atoms with E-state index in [1.54, 1.807) is 65.1 Å². The van der Waals surface area contributed by atoms with Crippen LogP contribution < -0.4 is 5.32 Å². The van der Waals surface area contributed by atoms with E-state index >= 15 is 0 Å². The molecule has 2 saturated heterocycles. The normalized spacial score (nSPS) is 26.4. The molecule has 4 heterocycles. The van der Waals surface area contributed by atoms with Gasteiger partial charge in [0.15, 0.2) is 5.78 Å². The van der Waals surface area contributed by atoms with E-state index < -0.39 is 15.6 Å². The van der Waals surface area contributed by atoms with Gasteiger partial charge in [-0.3, -0.25) is 19.5 Å². The Kier molecular flexibility index (Phi) is 6.85. The SMILES string of the molecule is C=CCC1(Cc2ccncc2)NC(=CC(=O)c2ccc(C#N)cc2)N(C2[C@H]3CN(S(=O)(=O)c4cccs4)C[C@@H]23)C1=O. The van der Waals surface area contributed by atoms with E-state index in [2.05, 4.69) is 16.9 Å². The fourth-order valence-electron chi connectivity index (χ4n) is 6.02. The lowest BCUT2D eigenvalue weighted by atomic mass is 9.87. The summed E-state index contributed by atoms with van der Waals surface area (Å²) in [7, 11) is -3.58. The molecule has 41 heavy (non-hydrogen) atoms. The molecule has 6 rings (SSSR count). The smallest absolute Gasteiger partial charge is 0.254 e. The number of nitrogens with one attached hydrogen (secondary N) is 1. The highest BCUT2D eigenvalue weighted by atomic mass is 32.2. The van der Waals surface area contributed by atoms with Gasteiger partial charge in [-0.25, -0.2) is 8.42 Å². The zero-order valence-electron chi connectivity index (χ0n) is 22.0. The average Bonchev–Trinajstić information content (AvgIpc) is 3.41. The number of allylic oxidation sites excluding steroid dienone is 1. The van der Waals surface area contributed by atoms with Crippen LogP contribution in [0.25, 0.3) is 0 Å². The van der Waals surface area contributed by atoms with Crippen LogP contribution in [0.4, 0.5) is 0 Å². The number of piperidine rings is 1. The lowest BCUT2D eigenvalue weighted by Crippen LogP contribution is -2.49. The highest BCUT2D eigenvalue weighted by Gasteiger charge is 2.65. The van der Waals surface area contributed by atoms with Gasteiger partial charge >= 0.3 is 0 Å². The van der Waals surface area contributed by atoms with Gasteiger partial charge < -0.3 is 5.32 Å². The first-order chi connectivity index (χ1) is 19.8. The molecule has 0 spiro atoms. The second kappa shape index (κ2) is 10.4. The summed E-state index contributed by atoms with van der Waals surface area (Å²) < 4.78 is 28.0. The van der Waals surface area contributed by atoms with E-state index in [4.69, 9.17) is 5.26 Å². The number of thiophene rings is 1. The second-order valence-electron chi connectivity index (χ2n) is 10.6. The number of sulfonamides is 1. The van der Waals surface area contributed by atoms with Gasteiger partial charge in [0.25, 0.3) is 15.9 Å². The summed E-state index contributed by atoms with van der Waals surface area (Å²) in [6.45, 7) is 4.52. The van der Waals surface area contributed by atoms with E-state index in [9.17, 15) is 18.0 Å². The molecule has 2 aromatic heterocycles. The number of hydrogen-bond donors (Lipinski definition) is 1. The maximum absolute atomic E-state index is 14.3. The van der Waals surface area contributed by atoms with Crippen molar-refractivity contribution >= 4 is 33.1 Å². The number of amides is 1. The first-order valence-corrected chi connectivity index (χ1v) is 15.5. The topological polar surface area (TPSA) is 123 Å². The molecule has 3 aromatic rings. The Morgan fingerprint density at radius 1 is 1.17 bits per heavy atom. The monoisotopic (exact) mass is 585 g/mol. The number of carbonyl (C=O) groups is 2. The van der Waals surface area contributed by atoms with Crippen molar-refractivity contribution in [1.29, 1.82) is 5.26 Å². The number of carbonyl (C=O) groups excluding carboxylic acids is 2. The van der Waals surface area contributed by atoms with Crippen molar-refractivity contribution in [1.82, 2.24) is 19.5 Å². The molecule has 0 bridgehead atoms. The van der Waals surface area contributed by atoms with Gasteiger partial charge in [0.1, 0.15) is 15.6 Å². The fraction of sp³-hybridized carbons (Fsp3) is 0.267. The highest BCUT2D eigenvalue weighted by molar-refractivity contribution is 7.91. The van der Waals surface area contributed by atoms with Gasteiger partial charge in [-0.15, -0.1) is 17.9 Å². The zero-order chi connectivity index (χ0) is 28.8. The molecule has 4 atom stereocenters. The minimum absolute atomic E-state index is 0.0376. The third-order valence-electron chi connectivity index (χ3n) is 8.07. The molecule has 2 unspecified atom stereocenters. The summed E-state index contributed by atoms with van der Waals surface area (Å²) in [6.07, 6.45) is 7.16. The number of pyridine rings is 1. The van der Waals surface area contributed by atoms with Gasteiger partial charge in [-0.2, -0.15) is 9.57 Å². The Morgan fingerprint density at radius 2 is 1.88 bits per heavy atom. The molecule has 1 amide bonds. The summed E-state index contributed by atoms with van der Waals surface area (Å²) in [4.78, 5) is 33.4. The van der Waals surface area contributed by atoms with Crippen LogP contribution in [0.2, 0.25) is 0 Å². The van der Waals surface area contributed by atoms with Crippen molar-refractivity contribution in [2.75, 3.05) is 13.1 Å². The van der Waals surface area contributed by atoms with Crippen LogP contribution in [-0.2, 0) is 21.2 Å². The summed E-state index contributed by atoms with van der Waals surface area (Å²) >= 11 is 1.19. The van der Waals surface area contributed by atoms with Crippen LogP contribution in [-0.4, -0.2) is 59.0 Å². The van der Waals surface area contributed by atoms with Crippen LogP contribution in [0, 0.1) is 23.2 Å². The van der Waals surface area contributed by atoms with Crippen molar-refractivity contribution in [3.8, 4) is 6.07 Å². The minimum Gasteiger partial charge on any atom is -0.357 e. The molecule has 1 N–H and O–H groups in total. The maximum Gasteiger partial charge on any atom is 0.254 e. The molecule has 1 aromatic carbocycles. The van der Waals surface area contributed by atoms with E-state index in [0.29, 0.717) is 47.1 Å². The molecular formula is C30H27N5O4S2. The number of aromatic nitrogens is 1. The number of nitrogens with zero attached hydrogens (tertiary/aromatic N) is 4. The van der Waals surface area contributed by atoms with Gasteiger partial charge in [0, 0.05) is 61.4 Å². The molecule has 1 aliphatic carbocycles. The minimum atomic E-state index is -3.58. The molecule has 9 nitrogen and oxygen atoms in total. The number of rotatable bonds is 9. The summed E-state index contributed by atoms with van der Waals surface area (Å²) in [5.41, 5.74) is 0.691. The van der Waals surface area contributed by atoms with Crippen molar-refractivity contribution in [3.63, 3.8) is 0 Å². The van der Waals surface area contributed by atoms with E-state index in [0.717, 1.165) is 5.56 Å². The molecule has 208 valence electrons. The summed E-state index contributed by atoms with van der Waals surface area (Å²) in [6, 6.07) is 15.2. The van der Waals surface area contributed by atoms with E-state index in [1.165, 1.54) is 21.7 Å². The number of hydrogen-bond acceptors (Lipinski definition) is 8. The number of fused-ring (bicyclic) bond motifs is 1. The first kappa shape index (κ1) is 27.1. The van der Waals surface area contributed by atoms with Crippen molar-refractivity contribution in [2.45, 2.75) is 28.6 Å². The van der Waals surface area contributed by atoms with Crippen LogP contribution in [0.1, 0.15) is 27.9 Å². The quantitative estimate of drug-likeness (QED) is 0.232. The van der Waals surface area contributed by atoms with Crippen LogP contribution in [0.15, 0.2) is 95.1 Å². The molecule has 11 heteroatoms. The Morgan fingerprint density at radius 3 is 2.49 bits per heavy atom.